The third-order valence-electron chi connectivity index (χ3n) is 4.76. The van der Waals surface area contributed by atoms with Crippen molar-refractivity contribution >= 4 is 23.7 Å². The third kappa shape index (κ3) is 2.97. The number of anilines is 1. The van der Waals surface area contributed by atoms with Gasteiger partial charge in [0.25, 0.3) is 5.91 Å². The number of aliphatic hydroxyl groups is 1. The second kappa shape index (κ2) is 6.87. The zero-order valence-corrected chi connectivity index (χ0v) is 14.8. The second-order valence-electron chi connectivity index (χ2n) is 6.39. The highest BCUT2D eigenvalue weighted by Gasteiger charge is 2.49. The molecule has 2 heterocycles. The molecule has 0 bridgehead atoms. The van der Waals surface area contributed by atoms with Gasteiger partial charge in [0.05, 0.1) is 6.26 Å². The van der Waals surface area contributed by atoms with Crippen LogP contribution in [0, 0.1) is 0 Å². The van der Waals surface area contributed by atoms with E-state index in [1.54, 1.807) is 24.5 Å². The van der Waals surface area contributed by atoms with E-state index in [9.17, 15) is 9.90 Å². The van der Waals surface area contributed by atoms with Crippen LogP contribution in [0.5, 0.6) is 0 Å². The van der Waals surface area contributed by atoms with Crippen LogP contribution in [0.1, 0.15) is 22.5 Å². The van der Waals surface area contributed by atoms with E-state index in [0.717, 1.165) is 11.3 Å². The summed E-state index contributed by atoms with van der Waals surface area (Å²) in [5, 5.41) is 14.5. The number of methoxy groups -OCH3 is 1. The summed E-state index contributed by atoms with van der Waals surface area (Å²) in [6.45, 7) is 0. The van der Waals surface area contributed by atoms with Gasteiger partial charge >= 0.3 is 0 Å². The Labute approximate surface area is 156 Å². The van der Waals surface area contributed by atoms with Crippen molar-refractivity contribution < 1.29 is 19.1 Å². The van der Waals surface area contributed by atoms with Crippen LogP contribution in [-0.2, 0) is 15.1 Å². The van der Waals surface area contributed by atoms with Crippen LogP contribution >= 0.6 is 0 Å². The van der Waals surface area contributed by atoms with Crippen molar-refractivity contribution in [2.45, 2.75) is 11.7 Å². The second-order valence-corrected chi connectivity index (χ2v) is 6.39. The van der Waals surface area contributed by atoms with Gasteiger partial charge in [-0.2, -0.15) is 0 Å². The van der Waals surface area contributed by atoms with E-state index >= 15 is 0 Å². The number of amides is 1. The molecule has 5 heteroatoms. The Balaban J connectivity index is 1.84. The summed E-state index contributed by atoms with van der Waals surface area (Å²) in [7, 11) is 1.42. The number of hydrogen-bond donors (Lipinski definition) is 2. The van der Waals surface area contributed by atoms with Crippen molar-refractivity contribution in [3.8, 4) is 0 Å². The van der Waals surface area contributed by atoms with Crippen LogP contribution in [-0.4, -0.2) is 24.2 Å². The molecular formula is C22H19NO4. The number of ether oxygens (including phenoxy) is 1. The molecule has 1 aromatic heterocycles. The van der Waals surface area contributed by atoms with E-state index in [-0.39, 0.29) is 5.91 Å². The van der Waals surface area contributed by atoms with E-state index in [4.69, 9.17) is 9.15 Å². The number of carbonyl (C=O) groups is 1. The van der Waals surface area contributed by atoms with Crippen LogP contribution in [0.3, 0.4) is 0 Å². The molecule has 0 radical (unpaired) electrons. The number of fused-ring (bicyclic) bond motifs is 1. The molecule has 2 unspecified atom stereocenters. The van der Waals surface area contributed by atoms with Gasteiger partial charge in [0.2, 0.25) is 0 Å². The number of nitrogens with one attached hydrogen (secondary N) is 1. The molecule has 0 spiro atoms. The first-order valence-electron chi connectivity index (χ1n) is 8.60. The molecule has 1 aliphatic heterocycles. The lowest BCUT2D eigenvalue weighted by Gasteiger charge is -2.40. The summed E-state index contributed by atoms with van der Waals surface area (Å²) in [5.74, 6) is 0.351. The van der Waals surface area contributed by atoms with Crippen molar-refractivity contribution in [2.24, 2.45) is 0 Å². The van der Waals surface area contributed by atoms with Crippen molar-refractivity contribution in [3.05, 3.63) is 89.4 Å². The first kappa shape index (κ1) is 17.3. The van der Waals surface area contributed by atoms with Gasteiger partial charge in [0.1, 0.15) is 5.76 Å². The molecule has 0 saturated carbocycles. The zero-order chi connectivity index (χ0) is 18.9. The minimum atomic E-state index is -1.60. The highest BCUT2D eigenvalue weighted by molar-refractivity contribution is 6.00. The molecule has 0 fully saturated rings. The maximum atomic E-state index is 12.5. The van der Waals surface area contributed by atoms with Crippen molar-refractivity contribution in [2.75, 3.05) is 12.4 Å². The maximum absolute atomic E-state index is 12.5. The van der Waals surface area contributed by atoms with Crippen LogP contribution in [0.25, 0.3) is 12.2 Å². The normalized spacial score (nSPS) is 21.9. The molecule has 4 rings (SSSR count). The molecule has 0 aliphatic carbocycles. The molecule has 2 N–H and O–H groups in total. The first-order valence-corrected chi connectivity index (χ1v) is 8.60. The number of benzene rings is 2. The summed E-state index contributed by atoms with van der Waals surface area (Å²) in [6.07, 6.45) is 4.29. The lowest BCUT2D eigenvalue weighted by molar-refractivity contribution is -0.142. The summed E-state index contributed by atoms with van der Waals surface area (Å²) >= 11 is 0. The van der Waals surface area contributed by atoms with Gasteiger partial charge in [0, 0.05) is 18.4 Å². The minimum Gasteiger partial charge on any atom is -0.465 e. The zero-order valence-electron chi connectivity index (χ0n) is 14.8. The molecular weight excluding hydrogens is 342 g/mol. The average molecular weight is 361 g/mol. The van der Waals surface area contributed by atoms with E-state index in [1.165, 1.54) is 7.11 Å². The first-order chi connectivity index (χ1) is 13.1. The summed E-state index contributed by atoms with van der Waals surface area (Å²) in [5.41, 5.74) is 1.02. The van der Waals surface area contributed by atoms with Crippen LogP contribution < -0.4 is 5.32 Å². The fraction of sp³-hybridized carbons (Fsp3) is 0.136. The Kier molecular flexibility index (Phi) is 4.39. The number of hydrogen-bond acceptors (Lipinski definition) is 4. The largest absolute Gasteiger partial charge is 0.465 e. The predicted molar refractivity (Wildman–Crippen MR) is 103 cm³/mol. The third-order valence-corrected chi connectivity index (χ3v) is 4.76. The maximum Gasteiger partial charge on any atom is 0.257 e. The smallest absolute Gasteiger partial charge is 0.257 e. The Morgan fingerprint density at radius 1 is 1.11 bits per heavy atom. The van der Waals surface area contributed by atoms with Crippen molar-refractivity contribution in [3.63, 3.8) is 0 Å². The molecule has 27 heavy (non-hydrogen) atoms. The van der Waals surface area contributed by atoms with Crippen LogP contribution in [0.15, 0.2) is 71.3 Å². The van der Waals surface area contributed by atoms with Gasteiger partial charge in [0.15, 0.2) is 11.7 Å². The Morgan fingerprint density at radius 2 is 1.93 bits per heavy atom. The molecule has 136 valence electrons. The van der Waals surface area contributed by atoms with Gasteiger partial charge in [-0.05, 0) is 41.5 Å². The minimum absolute atomic E-state index is 0.379. The molecule has 1 aliphatic rings. The Bertz CT molecular complexity index is 979. The molecule has 2 atom stereocenters. The monoisotopic (exact) mass is 361 g/mol. The van der Waals surface area contributed by atoms with Gasteiger partial charge in [-0.1, -0.05) is 42.5 Å². The summed E-state index contributed by atoms with van der Waals surface area (Å²) < 4.78 is 10.7. The molecule has 3 aromatic rings. The Morgan fingerprint density at radius 3 is 2.63 bits per heavy atom. The van der Waals surface area contributed by atoms with Crippen LogP contribution in [0.4, 0.5) is 5.69 Å². The van der Waals surface area contributed by atoms with Crippen molar-refractivity contribution in [1.82, 2.24) is 0 Å². The fourth-order valence-electron chi connectivity index (χ4n) is 3.46. The predicted octanol–water partition coefficient (Wildman–Crippen LogP) is 3.65. The average Bonchev–Trinajstić information content (AvgIpc) is 3.21. The topological polar surface area (TPSA) is 71.7 Å². The van der Waals surface area contributed by atoms with Crippen molar-refractivity contribution in [1.29, 1.82) is 0 Å². The van der Waals surface area contributed by atoms with Gasteiger partial charge < -0.3 is 19.6 Å². The van der Waals surface area contributed by atoms with E-state index in [0.29, 0.717) is 16.8 Å². The number of carbonyl (C=O) groups excluding carboxylic acids is 1. The lowest BCUT2D eigenvalue weighted by atomic mass is 9.77. The van der Waals surface area contributed by atoms with Gasteiger partial charge in [-0.3, -0.25) is 4.79 Å². The molecule has 1 amide bonds. The highest BCUT2D eigenvalue weighted by atomic mass is 16.5. The summed E-state index contributed by atoms with van der Waals surface area (Å²) in [4.78, 5) is 12.5. The fourth-order valence-corrected chi connectivity index (χ4v) is 3.46. The lowest BCUT2D eigenvalue weighted by Crippen LogP contribution is -2.52. The summed E-state index contributed by atoms with van der Waals surface area (Å²) in [6, 6.07) is 18.3. The molecule has 5 nitrogen and oxygen atoms in total. The quantitative estimate of drug-likeness (QED) is 0.744. The number of furan rings is 1. The molecule has 0 saturated heterocycles. The van der Waals surface area contributed by atoms with Gasteiger partial charge in [-0.15, -0.1) is 0 Å². The van der Waals surface area contributed by atoms with Gasteiger partial charge in [-0.25, -0.2) is 0 Å². The SMILES string of the molecule is COC1C(=O)Nc2ccc(C=Cc3ccco3)cc2C1(O)c1ccccc1. The van der Waals surface area contributed by atoms with E-state index in [1.807, 2.05) is 54.6 Å². The Hall–Kier alpha value is -3.15. The van der Waals surface area contributed by atoms with E-state index in [2.05, 4.69) is 5.32 Å². The standard InChI is InChI=1S/C22H19NO4/c1-26-20-21(24)23-19-12-10-15(9-11-17-8-5-13-27-17)14-18(19)22(20,25)16-6-3-2-4-7-16/h2-14,20,25H,1H3,(H,23,24). The van der Waals surface area contributed by atoms with E-state index < -0.39 is 11.7 Å². The molecule has 2 aromatic carbocycles. The highest BCUT2D eigenvalue weighted by Crippen LogP contribution is 2.42. The van der Waals surface area contributed by atoms with Crippen LogP contribution in [0.2, 0.25) is 0 Å². The number of rotatable bonds is 4.